The van der Waals surface area contributed by atoms with Crippen LogP contribution in [-0.4, -0.2) is 33.9 Å². The van der Waals surface area contributed by atoms with Gasteiger partial charge in [-0.05, 0) is 32.3 Å². The van der Waals surface area contributed by atoms with Gasteiger partial charge in [0.15, 0.2) is 11.2 Å². The summed E-state index contributed by atoms with van der Waals surface area (Å²) in [5.74, 6) is 0.689. The highest BCUT2D eigenvalue weighted by molar-refractivity contribution is 5.91. The molecule has 6 heteroatoms. The number of piperidine rings is 1. The Hall–Kier alpha value is -2.50. The van der Waals surface area contributed by atoms with Gasteiger partial charge >= 0.3 is 0 Å². The van der Waals surface area contributed by atoms with Crippen molar-refractivity contribution >= 4 is 5.91 Å². The summed E-state index contributed by atoms with van der Waals surface area (Å²) in [4.78, 5) is 34.2. The maximum atomic E-state index is 12.5. The van der Waals surface area contributed by atoms with Gasteiger partial charge in [-0.25, -0.2) is 9.97 Å². The number of carbonyl (C=O) groups excluding carboxylic acids is 1. The largest absolute Gasteiger partial charge is 0.456 e. The molecule has 120 valence electrons. The highest BCUT2D eigenvalue weighted by Crippen LogP contribution is 2.28. The lowest BCUT2D eigenvalue weighted by molar-refractivity contribution is 0.0675. The van der Waals surface area contributed by atoms with Crippen LogP contribution in [-0.2, 0) is 0 Å². The van der Waals surface area contributed by atoms with Crippen molar-refractivity contribution in [3.8, 4) is 0 Å². The van der Waals surface area contributed by atoms with E-state index in [0.29, 0.717) is 24.8 Å². The van der Waals surface area contributed by atoms with Crippen LogP contribution in [0, 0.1) is 13.8 Å². The molecular weight excluding hydrogens is 294 g/mol. The van der Waals surface area contributed by atoms with E-state index in [4.69, 9.17) is 4.42 Å². The molecule has 0 radical (unpaired) electrons. The van der Waals surface area contributed by atoms with E-state index >= 15 is 0 Å². The van der Waals surface area contributed by atoms with Gasteiger partial charge in [-0.1, -0.05) is 0 Å². The summed E-state index contributed by atoms with van der Waals surface area (Å²) in [5, 5.41) is 0. The Morgan fingerprint density at radius 1 is 1.26 bits per heavy atom. The average molecular weight is 313 g/mol. The zero-order valence-corrected chi connectivity index (χ0v) is 13.3. The highest BCUT2D eigenvalue weighted by Gasteiger charge is 2.27. The fourth-order valence-electron chi connectivity index (χ4n) is 3.06. The van der Waals surface area contributed by atoms with E-state index in [1.165, 1.54) is 12.1 Å². The molecule has 1 aliphatic heterocycles. The first-order chi connectivity index (χ1) is 11.0. The first-order valence-electron chi connectivity index (χ1n) is 7.72. The van der Waals surface area contributed by atoms with Crippen LogP contribution in [0.2, 0.25) is 0 Å². The van der Waals surface area contributed by atoms with Crippen LogP contribution in [0.1, 0.15) is 46.3 Å². The number of nitrogens with zero attached hydrogens (tertiary/aromatic N) is 3. The van der Waals surface area contributed by atoms with E-state index in [1.54, 1.807) is 18.2 Å². The minimum absolute atomic E-state index is 0.117. The molecule has 0 saturated carbocycles. The number of aryl methyl sites for hydroxylation is 2. The molecule has 3 rings (SSSR count). The first-order valence-corrected chi connectivity index (χ1v) is 7.72. The molecule has 1 fully saturated rings. The summed E-state index contributed by atoms with van der Waals surface area (Å²) in [6, 6.07) is 2.64. The van der Waals surface area contributed by atoms with Gasteiger partial charge in [-0.3, -0.25) is 9.59 Å². The number of amides is 1. The normalized spacial score (nSPS) is 15.7. The summed E-state index contributed by atoms with van der Waals surface area (Å²) in [7, 11) is 0. The van der Waals surface area contributed by atoms with Gasteiger partial charge in [0.25, 0.3) is 5.91 Å². The van der Waals surface area contributed by atoms with Gasteiger partial charge in [0.05, 0.1) is 0 Å². The molecular formula is C17H19N3O3. The Balaban J connectivity index is 1.70. The van der Waals surface area contributed by atoms with Crippen molar-refractivity contribution in [2.24, 2.45) is 0 Å². The van der Waals surface area contributed by atoms with Gasteiger partial charge < -0.3 is 9.32 Å². The zero-order valence-electron chi connectivity index (χ0n) is 13.3. The molecule has 2 aromatic rings. The summed E-state index contributed by atoms with van der Waals surface area (Å²) >= 11 is 0. The molecule has 1 aliphatic rings. The maximum Gasteiger partial charge on any atom is 0.289 e. The second-order valence-electron chi connectivity index (χ2n) is 5.93. The number of aromatic nitrogens is 2. The highest BCUT2D eigenvalue weighted by atomic mass is 16.3. The van der Waals surface area contributed by atoms with Crippen molar-refractivity contribution in [1.82, 2.24) is 14.9 Å². The van der Waals surface area contributed by atoms with Crippen molar-refractivity contribution in [2.75, 3.05) is 13.1 Å². The Morgan fingerprint density at radius 2 is 2.00 bits per heavy atom. The van der Waals surface area contributed by atoms with E-state index < -0.39 is 0 Å². The van der Waals surface area contributed by atoms with E-state index in [2.05, 4.69) is 9.97 Å². The van der Waals surface area contributed by atoms with E-state index in [0.717, 1.165) is 24.1 Å². The molecule has 0 unspecified atom stereocenters. The van der Waals surface area contributed by atoms with Crippen LogP contribution in [0.25, 0.3) is 0 Å². The van der Waals surface area contributed by atoms with E-state index in [-0.39, 0.29) is 17.1 Å². The smallest absolute Gasteiger partial charge is 0.289 e. The Morgan fingerprint density at radius 3 is 2.65 bits per heavy atom. The Labute approximate surface area is 134 Å². The third-order valence-electron chi connectivity index (χ3n) is 4.21. The lowest BCUT2D eigenvalue weighted by Gasteiger charge is -2.31. The fraction of sp³-hybridized carbons (Fsp3) is 0.412. The minimum atomic E-state index is -0.219. The predicted octanol–water partition coefficient (Wildman–Crippen LogP) is 2.07. The second-order valence-corrected chi connectivity index (χ2v) is 5.93. The van der Waals surface area contributed by atoms with Crippen LogP contribution in [0.3, 0.4) is 0 Å². The average Bonchev–Trinajstić information content (AvgIpc) is 2.54. The monoisotopic (exact) mass is 313 g/mol. The predicted molar refractivity (Wildman–Crippen MR) is 84.4 cm³/mol. The first kappa shape index (κ1) is 15.4. The standard InChI is InChI=1S/C17H19N3O3/c1-11-9-18-10-19-16(11)13-3-5-20(6-4-13)17(22)15-8-14(21)7-12(2)23-15/h7-10,13H,3-6H2,1-2H3. The van der Waals surface area contributed by atoms with Crippen LogP contribution in [0.15, 0.2) is 33.9 Å². The summed E-state index contributed by atoms with van der Waals surface area (Å²) in [6.07, 6.45) is 5.09. The Kier molecular flexibility index (Phi) is 4.23. The summed E-state index contributed by atoms with van der Waals surface area (Å²) in [5.41, 5.74) is 1.94. The lowest BCUT2D eigenvalue weighted by Crippen LogP contribution is -2.38. The van der Waals surface area contributed by atoms with Gasteiger partial charge in [0.1, 0.15) is 12.1 Å². The van der Waals surface area contributed by atoms with Gasteiger partial charge in [0, 0.05) is 43.0 Å². The minimum Gasteiger partial charge on any atom is -0.456 e. The van der Waals surface area contributed by atoms with Crippen molar-refractivity contribution in [2.45, 2.75) is 32.6 Å². The van der Waals surface area contributed by atoms with Crippen molar-refractivity contribution in [3.05, 3.63) is 57.7 Å². The van der Waals surface area contributed by atoms with Crippen molar-refractivity contribution in [1.29, 1.82) is 0 Å². The van der Waals surface area contributed by atoms with Gasteiger partial charge in [-0.15, -0.1) is 0 Å². The van der Waals surface area contributed by atoms with Crippen LogP contribution < -0.4 is 5.43 Å². The molecule has 3 heterocycles. The van der Waals surface area contributed by atoms with Crippen LogP contribution in [0.5, 0.6) is 0 Å². The van der Waals surface area contributed by atoms with Crippen molar-refractivity contribution < 1.29 is 9.21 Å². The second kappa shape index (κ2) is 6.32. The van der Waals surface area contributed by atoms with E-state index in [9.17, 15) is 9.59 Å². The molecule has 0 aromatic carbocycles. The number of likely N-dealkylation sites (tertiary alicyclic amines) is 1. The van der Waals surface area contributed by atoms with Gasteiger partial charge in [0.2, 0.25) is 0 Å². The fourth-order valence-corrected chi connectivity index (χ4v) is 3.06. The third kappa shape index (κ3) is 3.31. The topological polar surface area (TPSA) is 76.3 Å². The third-order valence-corrected chi connectivity index (χ3v) is 4.21. The van der Waals surface area contributed by atoms with E-state index in [1.807, 2.05) is 13.1 Å². The maximum absolute atomic E-state index is 12.5. The molecule has 2 aromatic heterocycles. The molecule has 23 heavy (non-hydrogen) atoms. The molecule has 6 nitrogen and oxygen atoms in total. The Bertz CT molecular complexity index is 777. The molecule has 0 atom stereocenters. The number of hydrogen-bond donors (Lipinski definition) is 0. The van der Waals surface area contributed by atoms with Crippen LogP contribution in [0.4, 0.5) is 0 Å². The summed E-state index contributed by atoms with van der Waals surface area (Å²) < 4.78 is 5.39. The molecule has 0 N–H and O–H groups in total. The molecule has 0 bridgehead atoms. The number of carbonyl (C=O) groups is 1. The molecule has 1 saturated heterocycles. The molecule has 1 amide bonds. The number of rotatable bonds is 2. The molecule has 0 aliphatic carbocycles. The van der Waals surface area contributed by atoms with Crippen LogP contribution >= 0.6 is 0 Å². The van der Waals surface area contributed by atoms with Crippen molar-refractivity contribution in [3.63, 3.8) is 0 Å². The quantitative estimate of drug-likeness (QED) is 0.848. The SMILES string of the molecule is Cc1cc(=O)cc(C(=O)N2CCC(c3ncncc3C)CC2)o1. The molecule has 0 spiro atoms. The van der Waals surface area contributed by atoms with Gasteiger partial charge in [-0.2, -0.15) is 0 Å². The number of hydrogen-bond acceptors (Lipinski definition) is 5. The summed E-state index contributed by atoms with van der Waals surface area (Å²) in [6.45, 7) is 4.94. The zero-order chi connectivity index (χ0) is 16.4. The lowest BCUT2D eigenvalue weighted by atomic mass is 9.91.